The molecule has 0 spiro atoms. The number of methoxy groups -OCH3 is 1. The van der Waals surface area contributed by atoms with Crippen molar-refractivity contribution in [1.82, 2.24) is 4.90 Å². The summed E-state index contributed by atoms with van der Waals surface area (Å²) < 4.78 is 44.3. The summed E-state index contributed by atoms with van der Waals surface area (Å²) in [5, 5.41) is 0. The van der Waals surface area contributed by atoms with Crippen LogP contribution in [0.5, 0.6) is 5.75 Å². The SMILES string of the molecule is COc1cc(C(F)(F)F)cc(Br)c1C(=O)C[C@@H]1CCC[C@@H]1N1CCCC1. The van der Waals surface area contributed by atoms with Gasteiger partial charge in [-0.05, 0) is 72.8 Å². The van der Waals surface area contributed by atoms with Crippen LogP contribution in [0.3, 0.4) is 0 Å². The molecule has 0 N–H and O–H groups in total. The van der Waals surface area contributed by atoms with Crippen molar-refractivity contribution in [2.24, 2.45) is 5.92 Å². The second kappa shape index (κ2) is 7.89. The van der Waals surface area contributed by atoms with E-state index < -0.39 is 11.7 Å². The molecule has 1 aromatic rings. The molecule has 2 fully saturated rings. The van der Waals surface area contributed by atoms with E-state index in [0.29, 0.717) is 12.5 Å². The summed E-state index contributed by atoms with van der Waals surface area (Å²) in [6, 6.07) is 2.29. The van der Waals surface area contributed by atoms with Crippen LogP contribution in [-0.4, -0.2) is 36.9 Å². The lowest BCUT2D eigenvalue weighted by Crippen LogP contribution is -2.36. The summed E-state index contributed by atoms with van der Waals surface area (Å²) in [5.74, 6) is 0.0884. The summed E-state index contributed by atoms with van der Waals surface area (Å²) in [7, 11) is 1.29. The fraction of sp³-hybridized carbons (Fsp3) is 0.632. The Morgan fingerprint density at radius 2 is 1.92 bits per heavy atom. The summed E-state index contributed by atoms with van der Waals surface area (Å²) in [5.41, 5.74) is -0.610. The molecule has 2 aliphatic rings. The Morgan fingerprint density at radius 1 is 1.23 bits per heavy atom. The Labute approximate surface area is 160 Å². The highest BCUT2D eigenvalue weighted by Gasteiger charge is 2.37. The lowest BCUT2D eigenvalue weighted by atomic mass is 9.92. The van der Waals surface area contributed by atoms with E-state index in [1.807, 2.05) is 0 Å². The number of alkyl halides is 3. The van der Waals surface area contributed by atoms with Crippen LogP contribution in [0.4, 0.5) is 13.2 Å². The third-order valence-electron chi connectivity index (χ3n) is 5.56. The van der Waals surface area contributed by atoms with E-state index in [9.17, 15) is 18.0 Å². The number of carbonyl (C=O) groups is 1. The molecule has 1 aromatic carbocycles. The molecule has 2 atom stereocenters. The van der Waals surface area contributed by atoms with Crippen molar-refractivity contribution in [1.29, 1.82) is 0 Å². The van der Waals surface area contributed by atoms with Crippen LogP contribution >= 0.6 is 15.9 Å². The average Bonchev–Trinajstić information content (AvgIpc) is 3.23. The maximum absolute atomic E-state index is 13.0. The fourth-order valence-electron chi connectivity index (χ4n) is 4.33. The second-order valence-corrected chi connectivity index (χ2v) is 8.02. The number of benzene rings is 1. The molecule has 144 valence electrons. The van der Waals surface area contributed by atoms with E-state index in [4.69, 9.17) is 4.74 Å². The van der Waals surface area contributed by atoms with Crippen molar-refractivity contribution in [3.8, 4) is 5.75 Å². The van der Waals surface area contributed by atoms with Crippen LogP contribution in [-0.2, 0) is 6.18 Å². The van der Waals surface area contributed by atoms with Crippen molar-refractivity contribution >= 4 is 21.7 Å². The van der Waals surface area contributed by atoms with E-state index in [0.717, 1.165) is 44.5 Å². The molecule has 1 heterocycles. The molecule has 3 nitrogen and oxygen atoms in total. The number of likely N-dealkylation sites (tertiary alicyclic amines) is 1. The standard InChI is InChI=1S/C19H23BrF3NO2/c1-26-17-11-13(19(21,22)23)10-14(20)18(17)16(25)9-12-5-4-6-15(12)24-7-2-3-8-24/h10-12,15H,2-9H2,1H3/t12-,15-/m0/s1. The number of ketones is 1. The fourth-order valence-corrected chi connectivity index (χ4v) is 4.99. The van der Waals surface area contributed by atoms with Crippen molar-refractivity contribution in [2.75, 3.05) is 20.2 Å². The zero-order valence-electron chi connectivity index (χ0n) is 14.7. The van der Waals surface area contributed by atoms with Gasteiger partial charge in [-0.1, -0.05) is 6.42 Å². The molecule has 1 aliphatic carbocycles. The average molecular weight is 434 g/mol. The number of hydrogen-bond acceptors (Lipinski definition) is 3. The highest BCUT2D eigenvalue weighted by Crippen LogP contribution is 2.40. The van der Waals surface area contributed by atoms with Crippen molar-refractivity contribution < 1.29 is 22.7 Å². The van der Waals surface area contributed by atoms with Crippen LogP contribution in [0.1, 0.15) is 54.4 Å². The number of ether oxygens (including phenoxy) is 1. The van der Waals surface area contributed by atoms with Gasteiger partial charge in [0, 0.05) is 16.9 Å². The lowest BCUT2D eigenvalue weighted by Gasteiger charge is -2.29. The maximum Gasteiger partial charge on any atom is 0.416 e. The van der Waals surface area contributed by atoms with Gasteiger partial charge in [0.2, 0.25) is 0 Å². The van der Waals surface area contributed by atoms with Crippen molar-refractivity contribution in [3.05, 3.63) is 27.7 Å². The Hall–Kier alpha value is -1.08. The molecule has 0 aromatic heterocycles. The molecular weight excluding hydrogens is 411 g/mol. The van der Waals surface area contributed by atoms with Crippen molar-refractivity contribution in [2.45, 2.75) is 50.7 Å². The lowest BCUT2D eigenvalue weighted by molar-refractivity contribution is -0.137. The molecule has 7 heteroatoms. The summed E-state index contributed by atoms with van der Waals surface area (Å²) in [6.07, 6.45) is 1.47. The molecule has 0 radical (unpaired) electrons. The van der Waals surface area contributed by atoms with E-state index in [1.165, 1.54) is 20.0 Å². The van der Waals surface area contributed by atoms with E-state index in [-0.39, 0.29) is 27.5 Å². The number of hydrogen-bond donors (Lipinski definition) is 0. The number of nitrogens with zero attached hydrogens (tertiary/aromatic N) is 1. The summed E-state index contributed by atoms with van der Waals surface area (Å²) in [4.78, 5) is 15.4. The quantitative estimate of drug-likeness (QED) is 0.588. The van der Waals surface area contributed by atoms with Crippen molar-refractivity contribution in [3.63, 3.8) is 0 Å². The first kappa shape index (κ1) is 19.7. The van der Waals surface area contributed by atoms with Gasteiger partial charge in [0.15, 0.2) is 5.78 Å². The van der Waals surface area contributed by atoms with Crippen LogP contribution in [0.2, 0.25) is 0 Å². The molecule has 0 unspecified atom stereocenters. The Morgan fingerprint density at radius 3 is 2.54 bits per heavy atom. The molecular formula is C19H23BrF3NO2. The van der Waals surface area contributed by atoms with E-state index in [2.05, 4.69) is 20.8 Å². The highest BCUT2D eigenvalue weighted by atomic mass is 79.9. The molecule has 1 saturated heterocycles. The number of halogens is 4. The van der Waals surface area contributed by atoms with Gasteiger partial charge < -0.3 is 9.64 Å². The molecule has 0 bridgehead atoms. The van der Waals surface area contributed by atoms with Crippen LogP contribution in [0, 0.1) is 5.92 Å². The minimum atomic E-state index is -4.48. The molecule has 3 rings (SSSR count). The predicted molar refractivity (Wildman–Crippen MR) is 96.6 cm³/mol. The van der Waals surface area contributed by atoms with Crippen LogP contribution in [0.25, 0.3) is 0 Å². The number of rotatable bonds is 5. The van der Waals surface area contributed by atoms with Gasteiger partial charge in [0.25, 0.3) is 0 Å². The van der Waals surface area contributed by atoms with Gasteiger partial charge in [-0.3, -0.25) is 4.79 Å². The first-order valence-corrected chi connectivity index (χ1v) is 9.82. The second-order valence-electron chi connectivity index (χ2n) is 7.16. The van der Waals surface area contributed by atoms with Gasteiger partial charge in [0.1, 0.15) is 5.75 Å². The first-order valence-electron chi connectivity index (χ1n) is 9.03. The minimum Gasteiger partial charge on any atom is -0.496 e. The van der Waals surface area contributed by atoms with E-state index in [1.54, 1.807) is 0 Å². The van der Waals surface area contributed by atoms with Gasteiger partial charge in [0.05, 0.1) is 18.2 Å². The molecule has 0 amide bonds. The number of Topliss-reactive ketones (excluding diaryl/α,β-unsaturated/α-hetero) is 1. The Kier molecular flexibility index (Phi) is 5.97. The topological polar surface area (TPSA) is 29.5 Å². The van der Waals surface area contributed by atoms with Gasteiger partial charge in [-0.25, -0.2) is 0 Å². The smallest absolute Gasteiger partial charge is 0.416 e. The van der Waals surface area contributed by atoms with Gasteiger partial charge in [-0.15, -0.1) is 0 Å². The first-order chi connectivity index (χ1) is 12.3. The zero-order valence-corrected chi connectivity index (χ0v) is 16.3. The largest absolute Gasteiger partial charge is 0.496 e. The van der Waals surface area contributed by atoms with Crippen LogP contribution in [0.15, 0.2) is 16.6 Å². The monoisotopic (exact) mass is 433 g/mol. The van der Waals surface area contributed by atoms with Gasteiger partial charge in [-0.2, -0.15) is 13.2 Å². The maximum atomic E-state index is 13.0. The Bertz CT molecular complexity index is 671. The Balaban J connectivity index is 1.81. The third-order valence-corrected chi connectivity index (χ3v) is 6.18. The molecule has 1 saturated carbocycles. The van der Waals surface area contributed by atoms with E-state index >= 15 is 0 Å². The normalized spacial score (nSPS) is 24.2. The summed E-state index contributed by atoms with van der Waals surface area (Å²) in [6.45, 7) is 2.17. The van der Waals surface area contributed by atoms with Gasteiger partial charge >= 0.3 is 6.18 Å². The summed E-state index contributed by atoms with van der Waals surface area (Å²) >= 11 is 3.15. The minimum absolute atomic E-state index is 0.0209. The molecule has 26 heavy (non-hydrogen) atoms. The number of carbonyl (C=O) groups excluding carboxylic acids is 1. The zero-order chi connectivity index (χ0) is 18.9. The predicted octanol–water partition coefficient (Wildman–Crippen LogP) is 5.31. The third kappa shape index (κ3) is 4.09. The molecule has 1 aliphatic heterocycles. The highest BCUT2D eigenvalue weighted by molar-refractivity contribution is 9.10. The van der Waals surface area contributed by atoms with Crippen LogP contribution < -0.4 is 4.74 Å².